The number of carbonyl (C=O) groups is 4. The Kier molecular flexibility index (Phi) is 7.47. The van der Waals surface area contributed by atoms with Crippen molar-refractivity contribution in [2.24, 2.45) is 0 Å². The molecule has 0 aliphatic carbocycles. The van der Waals surface area contributed by atoms with Crippen LogP contribution >= 0.6 is 0 Å². The molecule has 0 unspecified atom stereocenters. The van der Waals surface area contributed by atoms with Crippen molar-refractivity contribution < 1.29 is 38.2 Å². The number of nitrogens with one attached hydrogen (secondary N) is 1. The fraction of sp³-hybridized carbons (Fsp3) is 0.185. The van der Waals surface area contributed by atoms with Gasteiger partial charge in [-0.25, -0.2) is 14.4 Å². The highest BCUT2D eigenvalue weighted by Crippen LogP contribution is 2.29. The first-order valence-corrected chi connectivity index (χ1v) is 11.4. The summed E-state index contributed by atoms with van der Waals surface area (Å²) in [6.45, 7) is -0.0192. The fourth-order valence-electron chi connectivity index (χ4n) is 3.65. The summed E-state index contributed by atoms with van der Waals surface area (Å²) < 4.78 is 16.0. The summed E-state index contributed by atoms with van der Waals surface area (Å²) in [5.41, 5.74) is 2.37. The Morgan fingerprint density at radius 1 is 1.08 bits per heavy atom. The Hall–Kier alpha value is -5.06. The molecule has 38 heavy (non-hydrogen) atoms. The SMILES string of the molecule is COC(=O)c1ccc(CN2C(=O)N/C(=C\c3ccc(N(C)C)cc3OCc3ccc(C(=O)O)cc3)C2=O)o1. The third kappa shape index (κ3) is 5.67. The zero-order chi connectivity index (χ0) is 27.4. The van der Waals surface area contributed by atoms with Crippen LogP contribution in [0.4, 0.5) is 10.5 Å². The number of carboxylic acids is 1. The van der Waals surface area contributed by atoms with E-state index in [9.17, 15) is 19.2 Å². The van der Waals surface area contributed by atoms with E-state index in [1.807, 2.05) is 25.1 Å². The molecular formula is C27H25N3O8. The van der Waals surface area contributed by atoms with Crippen molar-refractivity contribution in [3.8, 4) is 5.75 Å². The molecular weight excluding hydrogens is 494 g/mol. The Bertz CT molecular complexity index is 1420. The van der Waals surface area contributed by atoms with Gasteiger partial charge in [0.25, 0.3) is 5.91 Å². The molecule has 0 saturated carbocycles. The number of esters is 1. The zero-order valence-corrected chi connectivity index (χ0v) is 20.9. The van der Waals surface area contributed by atoms with Gasteiger partial charge in [0.1, 0.15) is 23.8 Å². The van der Waals surface area contributed by atoms with Crippen LogP contribution in [0.1, 0.15) is 37.8 Å². The average Bonchev–Trinajstić information content (AvgIpc) is 3.48. The van der Waals surface area contributed by atoms with Crippen molar-refractivity contribution in [3.63, 3.8) is 0 Å². The molecule has 196 valence electrons. The predicted octanol–water partition coefficient (Wildman–Crippen LogP) is 3.50. The van der Waals surface area contributed by atoms with Crippen LogP contribution in [0.25, 0.3) is 6.08 Å². The number of methoxy groups -OCH3 is 1. The second kappa shape index (κ2) is 10.9. The van der Waals surface area contributed by atoms with Gasteiger partial charge in [-0.2, -0.15) is 0 Å². The number of hydrogen-bond donors (Lipinski definition) is 2. The number of rotatable bonds is 9. The van der Waals surface area contributed by atoms with Gasteiger partial charge >= 0.3 is 18.0 Å². The average molecular weight is 520 g/mol. The molecule has 0 radical (unpaired) electrons. The molecule has 2 aromatic carbocycles. The standard InChI is InChI=1S/C27H25N3O8/c1-29(2)19-9-8-18(23(13-19)37-15-16-4-6-17(7-5-16)25(32)33)12-21-24(31)30(27(35)28-21)14-20-10-11-22(38-20)26(34)36-3/h4-13H,14-15H2,1-3H3,(H,28,35)(H,32,33)/b21-12-. The molecule has 2 N–H and O–H groups in total. The lowest BCUT2D eigenvalue weighted by molar-refractivity contribution is -0.123. The summed E-state index contributed by atoms with van der Waals surface area (Å²) in [5, 5.41) is 11.6. The van der Waals surface area contributed by atoms with Gasteiger partial charge in [0.15, 0.2) is 0 Å². The number of hydrogen-bond acceptors (Lipinski definition) is 8. The van der Waals surface area contributed by atoms with Crippen LogP contribution in [0.5, 0.6) is 5.75 Å². The molecule has 2 heterocycles. The summed E-state index contributed by atoms with van der Waals surface area (Å²) in [7, 11) is 4.97. The smallest absolute Gasteiger partial charge is 0.373 e. The number of anilines is 1. The maximum Gasteiger partial charge on any atom is 0.373 e. The fourth-order valence-corrected chi connectivity index (χ4v) is 3.65. The summed E-state index contributed by atoms with van der Waals surface area (Å²) >= 11 is 0. The number of urea groups is 1. The number of carboxylic acid groups (broad SMARTS) is 1. The summed E-state index contributed by atoms with van der Waals surface area (Å²) in [4.78, 5) is 51.1. The lowest BCUT2D eigenvalue weighted by Gasteiger charge is -2.16. The second-order valence-electron chi connectivity index (χ2n) is 8.54. The molecule has 1 aliphatic rings. The summed E-state index contributed by atoms with van der Waals surface area (Å²) in [6.07, 6.45) is 1.52. The van der Waals surface area contributed by atoms with Crippen molar-refractivity contribution in [1.29, 1.82) is 0 Å². The van der Waals surface area contributed by atoms with Crippen molar-refractivity contribution in [2.75, 3.05) is 26.1 Å². The van der Waals surface area contributed by atoms with Gasteiger partial charge in [-0.15, -0.1) is 0 Å². The van der Waals surface area contributed by atoms with Gasteiger partial charge in [-0.1, -0.05) is 12.1 Å². The van der Waals surface area contributed by atoms with E-state index in [4.69, 9.17) is 14.3 Å². The zero-order valence-electron chi connectivity index (χ0n) is 20.9. The van der Waals surface area contributed by atoms with E-state index in [1.54, 1.807) is 24.3 Å². The van der Waals surface area contributed by atoms with Crippen LogP contribution in [0, 0.1) is 0 Å². The number of furan rings is 1. The number of benzene rings is 2. The number of ether oxygens (including phenoxy) is 2. The molecule has 1 aromatic heterocycles. The molecule has 1 fully saturated rings. The first kappa shape index (κ1) is 26.0. The van der Waals surface area contributed by atoms with E-state index < -0.39 is 23.9 Å². The summed E-state index contributed by atoms with van der Waals surface area (Å²) in [6, 6.07) is 14.0. The lowest BCUT2D eigenvalue weighted by atomic mass is 10.1. The van der Waals surface area contributed by atoms with Crippen molar-refractivity contribution in [2.45, 2.75) is 13.2 Å². The number of aromatic carboxylic acids is 1. The summed E-state index contributed by atoms with van der Waals surface area (Å²) in [5.74, 6) is -1.59. The normalized spacial score (nSPS) is 14.0. The highest BCUT2D eigenvalue weighted by Gasteiger charge is 2.34. The number of carbonyl (C=O) groups excluding carboxylic acids is 3. The van der Waals surface area contributed by atoms with Gasteiger partial charge in [0.2, 0.25) is 5.76 Å². The molecule has 1 aliphatic heterocycles. The first-order chi connectivity index (χ1) is 18.2. The van der Waals surface area contributed by atoms with Crippen molar-refractivity contribution in [3.05, 3.63) is 88.5 Å². The minimum absolute atomic E-state index is 0.0364. The van der Waals surface area contributed by atoms with Crippen LogP contribution in [-0.2, 0) is 22.7 Å². The molecule has 1 saturated heterocycles. The predicted molar refractivity (Wildman–Crippen MR) is 136 cm³/mol. The maximum atomic E-state index is 13.0. The van der Waals surface area contributed by atoms with Gasteiger partial charge in [0.05, 0.1) is 19.2 Å². The van der Waals surface area contributed by atoms with E-state index in [0.717, 1.165) is 16.2 Å². The monoisotopic (exact) mass is 519 g/mol. The molecule has 0 atom stereocenters. The van der Waals surface area contributed by atoms with E-state index in [0.29, 0.717) is 11.3 Å². The third-order valence-electron chi connectivity index (χ3n) is 5.73. The molecule has 11 nitrogen and oxygen atoms in total. The van der Waals surface area contributed by atoms with Gasteiger partial charge in [0, 0.05) is 31.4 Å². The second-order valence-corrected chi connectivity index (χ2v) is 8.54. The first-order valence-electron chi connectivity index (χ1n) is 11.4. The Balaban J connectivity index is 1.55. The van der Waals surface area contributed by atoms with E-state index >= 15 is 0 Å². The quantitative estimate of drug-likeness (QED) is 0.247. The van der Waals surface area contributed by atoms with E-state index in [-0.39, 0.29) is 35.9 Å². The highest BCUT2D eigenvalue weighted by atomic mass is 16.5. The molecule has 3 amide bonds. The maximum absolute atomic E-state index is 13.0. The van der Waals surface area contributed by atoms with Crippen LogP contribution in [-0.4, -0.2) is 55.1 Å². The minimum Gasteiger partial charge on any atom is -0.488 e. The molecule has 0 bridgehead atoms. The van der Waals surface area contributed by atoms with Gasteiger partial charge in [-0.3, -0.25) is 9.69 Å². The van der Waals surface area contributed by atoms with Crippen molar-refractivity contribution >= 4 is 35.6 Å². The molecule has 4 rings (SSSR count). The minimum atomic E-state index is -1.02. The van der Waals surface area contributed by atoms with E-state index in [1.165, 1.54) is 37.5 Å². The topological polar surface area (TPSA) is 139 Å². The Morgan fingerprint density at radius 3 is 2.47 bits per heavy atom. The number of nitrogens with zero attached hydrogens (tertiary/aromatic N) is 2. The van der Waals surface area contributed by atoms with Crippen LogP contribution < -0.4 is 15.0 Å². The largest absolute Gasteiger partial charge is 0.488 e. The van der Waals surface area contributed by atoms with Crippen LogP contribution in [0.2, 0.25) is 0 Å². The molecule has 3 aromatic rings. The van der Waals surface area contributed by atoms with E-state index in [2.05, 4.69) is 10.1 Å². The molecule has 0 spiro atoms. The number of amides is 3. The third-order valence-corrected chi connectivity index (χ3v) is 5.73. The highest BCUT2D eigenvalue weighted by molar-refractivity contribution is 6.14. The Morgan fingerprint density at radius 2 is 1.82 bits per heavy atom. The van der Waals surface area contributed by atoms with Crippen LogP contribution in [0.15, 0.2) is 64.7 Å². The van der Waals surface area contributed by atoms with Crippen molar-refractivity contribution in [1.82, 2.24) is 10.2 Å². The Labute approximate surface area is 217 Å². The van der Waals surface area contributed by atoms with Gasteiger partial charge < -0.3 is 29.2 Å². The van der Waals surface area contributed by atoms with Gasteiger partial charge in [-0.05, 0) is 48.0 Å². The molecule has 11 heteroatoms. The van der Waals surface area contributed by atoms with Crippen LogP contribution in [0.3, 0.4) is 0 Å². The lowest BCUT2D eigenvalue weighted by Crippen LogP contribution is -2.30. The number of imide groups is 1.